The zero-order valence-electron chi connectivity index (χ0n) is 11.8. The molecule has 0 amide bonds. The third-order valence-electron chi connectivity index (χ3n) is 3.16. The van der Waals surface area contributed by atoms with E-state index in [1.165, 1.54) is 0 Å². The van der Waals surface area contributed by atoms with E-state index in [0.29, 0.717) is 0 Å². The van der Waals surface area contributed by atoms with Gasteiger partial charge in [-0.25, -0.2) is 27.2 Å². The van der Waals surface area contributed by atoms with Crippen LogP contribution in [0.4, 0.5) is 26.6 Å². The van der Waals surface area contributed by atoms with E-state index in [0.717, 1.165) is 13.8 Å². The highest BCUT2D eigenvalue weighted by molar-refractivity contribution is 5.76. The highest BCUT2D eigenvalue weighted by Crippen LogP contribution is 2.33. The Balaban J connectivity index is 4.59. The smallest absolute Gasteiger partial charge is 0.255 e. The maximum Gasteiger partial charge on any atom is 0.357 e. The lowest BCUT2D eigenvalue weighted by atomic mass is 9.83. The molecular weight excluding hydrogens is 322 g/mol. The van der Waals surface area contributed by atoms with Crippen molar-refractivity contribution in [1.82, 2.24) is 0 Å². The largest absolute Gasteiger partial charge is 0.357 e. The summed E-state index contributed by atoms with van der Waals surface area (Å²) in [5.74, 6) is -3.08. The van der Waals surface area contributed by atoms with Gasteiger partial charge in [-0.15, -0.1) is 0 Å². The second kappa shape index (κ2) is 8.84. The number of carbonyl (C=O) groups excluding carboxylic acids is 2. The first kappa shape index (κ1) is 20.5. The van der Waals surface area contributed by atoms with Crippen LogP contribution < -0.4 is 0 Å². The lowest BCUT2D eigenvalue weighted by molar-refractivity contribution is -0.201. The third kappa shape index (κ3) is 5.38. The fourth-order valence-corrected chi connectivity index (χ4v) is 1.61. The number of rotatable bonds is 9. The number of hydrogen-bond acceptors (Lipinski definition) is 4. The molecule has 10 heteroatoms. The van der Waals surface area contributed by atoms with E-state index in [-0.39, 0.29) is 6.42 Å². The fourth-order valence-electron chi connectivity index (χ4n) is 1.61. The molecule has 0 N–H and O–H groups in total. The van der Waals surface area contributed by atoms with Crippen LogP contribution in [0.15, 0.2) is 0 Å². The van der Waals surface area contributed by atoms with Crippen molar-refractivity contribution >= 4 is 11.9 Å². The van der Waals surface area contributed by atoms with Crippen LogP contribution in [-0.2, 0) is 19.5 Å². The van der Waals surface area contributed by atoms with Crippen molar-refractivity contribution in [2.75, 3.05) is 0 Å². The van der Waals surface area contributed by atoms with Gasteiger partial charge in [-0.05, 0) is 26.7 Å². The summed E-state index contributed by atoms with van der Waals surface area (Å²) in [4.78, 5) is 26.9. The molecule has 0 rings (SSSR count). The average molecular weight is 338 g/mol. The van der Waals surface area contributed by atoms with E-state index in [1.54, 1.807) is 0 Å². The van der Waals surface area contributed by atoms with E-state index < -0.39 is 54.9 Å². The van der Waals surface area contributed by atoms with Gasteiger partial charge in [0.1, 0.15) is 17.8 Å². The molecule has 130 valence electrons. The van der Waals surface area contributed by atoms with Gasteiger partial charge in [0.15, 0.2) is 12.3 Å². The standard InChI is InChI=1S/C12H16F6O4/c1-12(2,11(20)22-18)10(16)9(15)8(14)6(13)4-3-5-7(19)21-17/h6,8-10H,3-5H2,1-2H3. The molecule has 0 aliphatic rings. The summed E-state index contributed by atoms with van der Waals surface area (Å²) in [5.41, 5.74) is -2.36. The molecule has 0 saturated carbocycles. The summed E-state index contributed by atoms with van der Waals surface area (Å²) in [6.07, 6.45) is -13.0. The van der Waals surface area contributed by atoms with Gasteiger partial charge in [0.25, 0.3) is 0 Å². The Morgan fingerprint density at radius 3 is 2.00 bits per heavy atom. The van der Waals surface area contributed by atoms with E-state index in [1.807, 2.05) is 0 Å². The normalized spacial score (nSPS) is 17.3. The van der Waals surface area contributed by atoms with E-state index in [9.17, 15) is 36.2 Å². The first-order chi connectivity index (χ1) is 10.1. The van der Waals surface area contributed by atoms with Crippen LogP contribution in [0.5, 0.6) is 0 Å². The van der Waals surface area contributed by atoms with Crippen LogP contribution in [0.1, 0.15) is 33.1 Å². The third-order valence-corrected chi connectivity index (χ3v) is 3.16. The number of hydrogen-bond donors (Lipinski definition) is 0. The molecule has 0 aromatic carbocycles. The second-order valence-electron chi connectivity index (χ2n) is 5.23. The molecule has 0 fully saturated rings. The summed E-state index contributed by atoms with van der Waals surface area (Å²) >= 11 is 0. The summed E-state index contributed by atoms with van der Waals surface area (Å²) < 4.78 is 77.4. The van der Waals surface area contributed by atoms with Gasteiger partial charge in [0.2, 0.25) is 0 Å². The zero-order chi connectivity index (χ0) is 17.5. The SMILES string of the molecule is CC(C)(C(=O)OF)C(F)C(F)C(F)C(F)CCCC(=O)OF. The number of halogens is 6. The Morgan fingerprint density at radius 1 is 1.00 bits per heavy atom. The van der Waals surface area contributed by atoms with Crippen molar-refractivity contribution in [3.05, 3.63) is 0 Å². The van der Waals surface area contributed by atoms with Gasteiger partial charge in [0, 0.05) is 15.5 Å². The van der Waals surface area contributed by atoms with Gasteiger partial charge < -0.3 is 0 Å². The van der Waals surface area contributed by atoms with Crippen LogP contribution in [0.25, 0.3) is 0 Å². The molecule has 0 heterocycles. The average Bonchev–Trinajstić information content (AvgIpc) is 2.50. The molecule has 0 aromatic heterocycles. The molecule has 4 unspecified atom stereocenters. The maximum atomic E-state index is 13.8. The highest BCUT2D eigenvalue weighted by atomic mass is 19.3. The van der Waals surface area contributed by atoms with Crippen LogP contribution in [0, 0.1) is 5.41 Å². The molecule has 0 spiro atoms. The maximum absolute atomic E-state index is 13.8. The monoisotopic (exact) mass is 338 g/mol. The Bertz CT molecular complexity index is 379. The van der Waals surface area contributed by atoms with Gasteiger partial charge >= 0.3 is 11.9 Å². The topological polar surface area (TPSA) is 52.6 Å². The summed E-state index contributed by atoms with van der Waals surface area (Å²) in [7, 11) is 0. The molecule has 22 heavy (non-hydrogen) atoms. The first-order valence-corrected chi connectivity index (χ1v) is 6.30. The minimum absolute atomic E-state index is 0.357. The van der Waals surface area contributed by atoms with Crippen molar-refractivity contribution in [2.24, 2.45) is 5.41 Å². The summed E-state index contributed by atoms with van der Waals surface area (Å²) in [6.45, 7) is 1.53. The highest BCUT2D eigenvalue weighted by Gasteiger charge is 2.49. The first-order valence-electron chi connectivity index (χ1n) is 6.30. The van der Waals surface area contributed by atoms with Crippen LogP contribution in [0.3, 0.4) is 0 Å². The van der Waals surface area contributed by atoms with Gasteiger partial charge in [-0.2, -0.15) is 0 Å². The van der Waals surface area contributed by atoms with Crippen molar-refractivity contribution in [1.29, 1.82) is 0 Å². The van der Waals surface area contributed by atoms with Crippen LogP contribution in [0.2, 0.25) is 0 Å². The van der Waals surface area contributed by atoms with Gasteiger partial charge in [-0.1, -0.05) is 0 Å². The van der Waals surface area contributed by atoms with E-state index >= 15 is 0 Å². The van der Waals surface area contributed by atoms with Gasteiger partial charge in [-0.3, -0.25) is 9.88 Å². The lowest BCUT2D eigenvalue weighted by Gasteiger charge is -2.29. The molecule has 0 radical (unpaired) electrons. The molecule has 0 saturated heterocycles. The predicted octanol–water partition coefficient (Wildman–Crippen LogP) is 3.39. The molecule has 0 bridgehead atoms. The quantitative estimate of drug-likeness (QED) is 0.605. The van der Waals surface area contributed by atoms with Crippen LogP contribution >= 0.6 is 0 Å². The molecule has 4 atom stereocenters. The van der Waals surface area contributed by atoms with E-state index in [2.05, 4.69) is 9.88 Å². The Labute approximate surface area is 122 Å². The number of alkyl halides is 4. The second-order valence-corrected chi connectivity index (χ2v) is 5.23. The molecule has 4 nitrogen and oxygen atoms in total. The summed E-state index contributed by atoms with van der Waals surface area (Å²) in [6, 6.07) is 0. The minimum atomic E-state index is -3.06. The van der Waals surface area contributed by atoms with Crippen molar-refractivity contribution < 1.29 is 46.1 Å². The van der Waals surface area contributed by atoms with Crippen LogP contribution in [-0.4, -0.2) is 36.6 Å². The Morgan fingerprint density at radius 2 is 1.55 bits per heavy atom. The zero-order valence-corrected chi connectivity index (χ0v) is 11.8. The lowest BCUT2D eigenvalue weighted by Crippen LogP contribution is -2.46. The Kier molecular flexibility index (Phi) is 8.25. The van der Waals surface area contributed by atoms with Crippen molar-refractivity contribution in [3.8, 4) is 0 Å². The summed E-state index contributed by atoms with van der Waals surface area (Å²) in [5, 5.41) is 0. The fraction of sp³-hybridized carbons (Fsp3) is 0.833. The molecule has 0 aliphatic carbocycles. The molecular formula is C12H16F6O4. The molecule has 0 aromatic rings. The van der Waals surface area contributed by atoms with Crippen molar-refractivity contribution in [2.45, 2.75) is 57.8 Å². The predicted molar refractivity (Wildman–Crippen MR) is 61.6 cm³/mol. The number of carbonyl (C=O) groups is 2. The van der Waals surface area contributed by atoms with Gasteiger partial charge in [0.05, 0.1) is 0 Å². The van der Waals surface area contributed by atoms with E-state index in [4.69, 9.17) is 0 Å². The minimum Gasteiger partial charge on any atom is -0.255 e. The molecule has 0 aliphatic heterocycles. The Hall–Kier alpha value is -1.48. The van der Waals surface area contributed by atoms with Crippen molar-refractivity contribution in [3.63, 3.8) is 0 Å².